The number of ketones is 1. The summed E-state index contributed by atoms with van der Waals surface area (Å²) < 4.78 is 30.3. The third-order valence-electron chi connectivity index (χ3n) is 16.7. The number of fused-ring (bicyclic) bond motifs is 5. The summed E-state index contributed by atoms with van der Waals surface area (Å²) in [5, 5.41) is 88.0. The number of ether oxygens (including phenoxy) is 5. The summed E-state index contributed by atoms with van der Waals surface area (Å²) in [5.41, 5.74) is -5.65. The number of carbonyl (C=O) groups excluding carboxylic acids is 6. The number of benzene rings is 3. The van der Waals surface area contributed by atoms with E-state index in [2.05, 4.69) is 332 Å². The molecule has 30 heteroatoms. The summed E-state index contributed by atoms with van der Waals surface area (Å²) in [7, 11) is 0. The van der Waals surface area contributed by atoms with Gasteiger partial charge in [-0.15, -0.1) is 6.42 Å². The molecular weight excluding hydrogens is 1610 g/mol. The van der Waals surface area contributed by atoms with Crippen LogP contribution in [0.2, 0.25) is 0 Å². The first kappa shape index (κ1) is 98.1. The highest BCUT2D eigenvalue weighted by Gasteiger charge is 2.78. The van der Waals surface area contributed by atoms with Gasteiger partial charge in [-0.25, -0.2) is 20.1 Å². The minimum absolute atomic E-state index is 0. The molecule has 4 aliphatic rings. The van der Waals surface area contributed by atoms with Crippen molar-refractivity contribution in [2.75, 3.05) is 6.61 Å². The number of esters is 4. The topological polar surface area (TPSA) is 385 Å². The lowest BCUT2D eigenvalue weighted by molar-refractivity contribution is -0.816. The zero-order chi connectivity index (χ0) is 90.0. The van der Waals surface area contributed by atoms with Gasteiger partial charge in [0.15, 0.2) is 23.6 Å². The second-order valence-electron chi connectivity index (χ2n) is 24.1. The second kappa shape index (κ2) is 55.3. The molecule has 1 heterocycles. The molecule has 0 spiro atoms. The van der Waals surface area contributed by atoms with Gasteiger partial charge in [0, 0.05) is 236 Å². The SMILES string of the molecule is C#CC#CC#CC#CC#CC#CC#CC#CC#CC#CC#CC#CC#CC#CC#CC#CC#CC#CC#CC#CC#CC#CC#CC.CC(=O)O[C@H]1C(=O)[C@@]2(C)C([C@H](OC(=O)c3ccccc3)[C@]3(O)C[C@H](OC(=O)[C@H](O)[C@@H](NC(=O)c4ccccc4)c4ccccc4)C(C)=C1C3(C)C)[C@]1(OC(C)=O)CO[C@@H]1C[C@@H]2O.OOOOOOONOOOOOOO.[HH].[HH].[HH].[HH].[HH].[HH].[HH].[HH].[HH].[HH].[HH].[HH].[HH].[HH].[HH].[HH].[HH].[HH].[HH].[HH].[HH].[HH].[HH]. The van der Waals surface area contributed by atoms with Crippen LogP contribution in [-0.4, -0.2) is 116 Å². The Balaban J connectivity index is -0.000000103. The number of carbonyl (C=O) groups is 6. The van der Waals surface area contributed by atoms with Gasteiger partial charge >= 0.3 is 23.9 Å². The molecule has 3 aromatic carbocycles. The van der Waals surface area contributed by atoms with Crippen LogP contribution in [0.25, 0.3) is 0 Å². The van der Waals surface area contributed by atoms with E-state index in [0.717, 1.165) is 13.8 Å². The van der Waals surface area contributed by atoms with Crippen LogP contribution in [0.5, 0.6) is 0 Å². The molecule has 1 saturated heterocycles. The molecule has 1 unspecified atom stereocenters. The molecule has 124 heavy (non-hydrogen) atoms. The number of terminal acetylenes is 1. The van der Waals surface area contributed by atoms with E-state index in [0.29, 0.717) is 5.56 Å². The smallest absolute Gasteiger partial charge is 0.338 e. The van der Waals surface area contributed by atoms with Crippen LogP contribution in [0.3, 0.4) is 0 Å². The van der Waals surface area contributed by atoms with Gasteiger partial charge in [-0.2, -0.15) is 0 Å². The molecule has 7 rings (SSSR count). The van der Waals surface area contributed by atoms with E-state index in [-0.39, 0.29) is 68.1 Å². The first-order valence-electron chi connectivity index (χ1n) is 34.7. The molecule has 7 N–H and O–H groups in total. The van der Waals surface area contributed by atoms with Crippen LogP contribution in [-0.2, 0) is 103 Å². The monoisotopic (exact) mass is 1710 g/mol. The average molecular weight is 1710 g/mol. The Morgan fingerprint density at radius 2 is 0.895 bits per heavy atom. The molecule has 30 nitrogen and oxygen atoms in total. The van der Waals surface area contributed by atoms with E-state index in [1.807, 2.05) is 0 Å². The molecule has 658 valence electrons. The first-order chi connectivity index (χ1) is 60.1. The molecular formula is C94H104N2O28. The Morgan fingerprint density at radius 1 is 0.516 bits per heavy atom. The Labute approximate surface area is 746 Å². The van der Waals surface area contributed by atoms with Crippen molar-refractivity contribution in [1.82, 2.24) is 11.0 Å². The average Bonchev–Trinajstić information content (AvgIpc) is 0.666. The predicted octanol–water partition coefficient (Wildman–Crippen LogP) is 8.81. The molecule has 11 atom stereocenters. The molecule has 2 bridgehead atoms. The van der Waals surface area contributed by atoms with Crippen molar-refractivity contribution in [3.63, 3.8) is 0 Å². The number of nitrogens with one attached hydrogen (secondary N) is 2. The predicted molar refractivity (Wildman–Crippen MR) is 473 cm³/mol. The van der Waals surface area contributed by atoms with Crippen molar-refractivity contribution >= 4 is 35.6 Å². The maximum atomic E-state index is 15.5. The number of rotatable bonds is 22. The standard InChI is InChI=1S/C47H51NO14.C47H4.H3NO14.23H2/c1-25-31(60-43(56)36(52)35(28-16-10-7-11-17-28)48-41(54)29-18-12-8-13-19-29)23-47(57)40(61-42(55)30-20-14-9-15-21-30)38-45(6,32(51)22-33-46(38,24-58-33)62-27(3)50)39(53)37(59-26(2)49)34(25)44(47,4)5;1-3-5-7-9-11-13-15-17-19-21-23-25-27-29-31-33-35-37-39-41-43-45-47-46-44-42-40-38-36-34-32-30-28-26-24-22-20-18-16-14-12-10-8-6-4-2;2-6-10-14-12-8-4-1-5-9-13-15-11-7-3;;;;;;;;;;;;;;;;;;;;;;;/h7-21,31-33,35-38,40,51-52,57H,22-24H2,1-6H3,(H,48,54);1H,2H3;1-3H;23*1H/t31-,32-,33+,35-,36+,37+,38?,40-,45+,46-,47+;;;;;;;;;;;;;;;;;;;;;;;;;/m0........................./s1. The lowest BCUT2D eigenvalue weighted by Gasteiger charge is -2.67. The van der Waals surface area contributed by atoms with Crippen molar-refractivity contribution < 1.29 is 171 Å². The van der Waals surface area contributed by atoms with E-state index in [1.54, 1.807) is 99.6 Å². The third-order valence-corrected chi connectivity index (χ3v) is 16.7. The van der Waals surface area contributed by atoms with Crippen molar-refractivity contribution in [3.05, 3.63) is 119 Å². The Hall–Kier alpha value is -16.5. The minimum Gasteiger partial charge on any atom is -0.456 e. The van der Waals surface area contributed by atoms with Crippen LogP contribution in [0.1, 0.15) is 126 Å². The van der Waals surface area contributed by atoms with Gasteiger partial charge in [0.25, 0.3) is 5.91 Å². The fraction of sp³-hybridized carbons (Fsp3) is 0.234. The van der Waals surface area contributed by atoms with Crippen LogP contribution >= 0.6 is 0 Å². The maximum Gasteiger partial charge on any atom is 0.338 e. The van der Waals surface area contributed by atoms with E-state index in [1.165, 1.54) is 31.6 Å². The molecule has 1 aliphatic heterocycles. The van der Waals surface area contributed by atoms with E-state index in [4.69, 9.17) is 40.6 Å². The summed E-state index contributed by atoms with van der Waals surface area (Å²) >= 11 is 0. The second-order valence-corrected chi connectivity index (χ2v) is 24.1. The highest BCUT2D eigenvalue weighted by Crippen LogP contribution is 2.64. The lowest BCUT2D eigenvalue weighted by Crippen LogP contribution is -2.82. The van der Waals surface area contributed by atoms with Crippen molar-refractivity contribution in [1.29, 1.82) is 0 Å². The van der Waals surface area contributed by atoms with Gasteiger partial charge in [-0.3, -0.25) is 19.2 Å². The molecule has 2 saturated carbocycles. The van der Waals surface area contributed by atoms with Crippen LogP contribution in [0, 0.1) is 290 Å². The number of amides is 1. The third kappa shape index (κ3) is 31.8. The highest BCUT2D eigenvalue weighted by molar-refractivity contribution is 5.96. The summed E-state index contributed by atoms with van der Waals surface area (Å²) in [4.78, 5) is 90.8. The van der Waals surface area contributed by atoms with Gasteiger partial charge in [-0.1, -0.05) is 96.5 Å². The quantitative estimate of drug-likeness (QED) is 0.00939. The molecule has 3 aromatic rings. The summed E-state index contributed by atoms with van der Waals surface area (Å²) in [5.74, 6) is 105. The minimum atomic E-state index is -2.39. The van der Waals surface area contributed by atoms with Crippen LogP contribution in [0.4, 0.5) is 0 Å². The van der Waals surface area contributed by atoms with Crippen molar-refractivity contribution in [2.45, 2.75) is 115 Å². The summed E-state index contributed by atoms with van der Waals surface area (Å²) in [6.07, 6.45) is -5.58. The zero-order valence-corrected chi connectivity index (χ0v) is 65.6. The Morgan fingerprint density at radius 3 is 1.26 bits per heavy atom. The summed E-state index contributed by atoms with van der Waals surface area (Å²) in [6.45, 7) is 9.66. The molecule has 3 aliphatic carbocycles. The number of hydrogen-bond donors (Lipinski definition) is 7. The van der Waals surface area contributed by atoms with E-state index >= 15 is 4.79 Å². The maximum absolute atomic E-state index is 15.5. The number of aliphatic hydroxyl groups excluding tert-OH is 2. The molecule has 0 radical (unpaired) electrons. The first-order valence-corrected chi connectivity index (χ1v) is 34.7. The van der Waals surface area contributed by atoms with E-state index in [9.17, 15) is 39.3 Å². The van der Waals surface area contributed by atoms with Crippen molar-refractivity contribution in [2.24, 2.45) is 16.7 Å². The van der Waals surface area contributed by atoms with Gasteiger partial charge in [-0.05, 0) is 212 Å². The molecule has 1 amide bonds. The van der Waals surface area contributed by atoms with Crippen LogP contribution in [0.15, 0.2) is 102 Å². The molecule has 0 aromatic heterocycles. The van der Waals surface area contributed by atoms with E-state index < -0.39 is 113 Å². The molecule has 3 fully saturated rings. The van der Waals surface area contributed by atoms with Gasteiger partial charge in [0.2, 0.25) is 0 Å². The summed E-state index contributed by atoms with van der Waals surface area (Å²) in [6, 6.07) is 22.9. The lowest BCUT2D eigenvalue weighted by atomic mass is 9.44. The highest BCUT2D eigenvalue weighted by atomic mass is 17.9. The van der Waals surface area contributed by atoms with Crippen LogP contribution < -0.4 is 11.0 Å². The number of aliphatic hydroxyl groups is 3. The number of hydrogen-bond acceptors (Lipinski definition) is 29. The fourth-order valence-corrected chi connectivity index (χ4v) is 11.7. The zero-order valence-electron chi connectivity index (χ0n) is 65.6. The normalized spacial score (nSPS) is 18.7. The fourth-order valence-electron chi connectivity index (χ4n) is 11.7. The van der Waals surface area contributed by atoms with Gasteiger partial charge in [0.05, 0.1) is 35.6 Å². The van der Waals surface area contributed by atoms with Gasteiger partial charge < -0.3 is 44.3 Å². The Bertz CT molecular complexity index is 6200. The number of Topliss-reactive ketones (excluding diaryl/α,β-unsaturated/α-hetero) is 1. The Kier molecular flexibility index (Phi) is 43.7. The van der Waals surface area contributed by atoms with Gasteiger partial charge in [0.1, 0.15) is 23.9 Å². The van der Waals surface area contributed by atoms with Crippen molar-refractivity contribution in [3.8, 4) is 273 Å². The largest absolute Gasteiger partial charge is 0.456 e.